The smallest absolute Gasteiger partial charge is 0.0278 e. The molecule has 1 saturated heterocycles. The number of hydrogen-bond acceptors (Lipinski definition) is 3. The van der Waals surface area contributed by atoms with E-state index in [9.17, 15) is 0 Å². The molecule has 0 aromatic heterocycles. The fraction of sp³-hybridized carbons (Fsp3) is 1.00. The van der Waals surface area contributed by atoms with Gasteiger partial charge in [0.05, 0.1) is 0 Å². The lowest BCUT2D eigenvalue weighted by Crippen LogP contribution is -2.58. The summed E-state index contributed by atoms with van der Waals surface area (Å²) in [6, 6.07) is 0. The van der Waals surface area contributed by atoms with Gasteiger partial charge in [0.25, 0.3) is 0 Å². The van der Waals surface area contributed by atoms with Crippen LogP contribution < -0.4 is 5.32 Å². The van der Waals surface area contributed by atoms with Crippen LogP contribution in [0.2, 0.25) is 0 Å². The molecule has 0 radical (unpaired) electrons. The first-order valence-corrected chi connectivity index (χ1v) is 7.06. The molecule has 1 aliphatic heterocycles. The third-order valence-electron chi connectivity index (χ3n) is 3.16. The molecule has 14 heavy (non-hydrogen) atoms. The van der Waals surface area contributed by atoms with Gasteiger partial charge in [-0.3, -0.25) is 0 Å². The van der Waals surface area contributed by atoms with Gasteiger partial charge in [-0.15, -0.1) is 0 Å². The minimum atomic E-state index is 0.359. The minimum absolute atomic E-state index is 0.359. The molecule has 84 valence electrons. The van der Waals surface area contributed by atoms with Crippen molar-refractivity contribution in [2.24, 2.45) is 0 Å². The van der Waals surface area contributed by atoms with Crippen LogP contribution in [0, 0.1) is 0 Å². The predicted octanol–water partition coefficient (Wildman–Crippen LogP) is 1.81. The molecule has 0 saturated carbocycles. The largest absolute Gasteiger partial charge is 0.309 e. The van der Waals surface area contributed by atoms with Gasteiger partial charge in [-0.25, -0.2) is 0 Å². The molecule has 0 amide bonds. The first-order chi connectivity index (χ1) is 6.70. The van der Waals surface area contributed by atoms with Crippen molar-refractivity contribution in [1.82, 2.24) is 10.2 Å². The summed E-state index contributed by atoms with van der Waals surface area (Å²) >= 11 is 1.95. The summed E-state index contributed by atoms with van der Waals surface area (Å²) in [7, 11) is 0. The van der Waals surface area contributed by atoms with Gasteiger partial charge < -0.3 is 10.2 Å². The SMILES string of the molecule is CCC1(C)CN(CCCSC)CCN1. The highest BCUT2D eigenvalue weighted by atomic mass is 32.2. The molecule has 2 nitrogen and oxygen atoms in total. The van der Waals surface area contributed by atoms with Crippen molar-refractivity contribution >= 4 is 11.8 Å². The maximum absolute atomic E-state index is 3.62. The summed E-state index contributed by atoms with van der Waals surface area (Å²) in [5.74, 6) is 1.30. The van der Waals surface area contributed by atoms with E-state index >= 15 is 0 Å². The molecule has 3 heteroatoms. The third-order valence-corrected chi connectivity index (χ3v) is 3.85. The highest BCUT2D eigenvalue weighted by molar-refractivity contribution is 7.98. The fourth-order valence-electron chi connectivity index (χ4n) is 2.00. The van der Waals surface area contributed by atoms with E-state index in [1.54, 1.807) is 0 Å². The number of nitrogens with zero attached hydrogens (tertiary/aromatic N) is 1. The second-order valence-electron chi connectivity index (χ2n) is 4.46. The molecule has 0 aromatic rings. The Morgan fingerprint density at radius 3 is 2.93 bits per heavy atom. The van der Waals surface area contributed by atoms with Crippen LogP contribution in [0.4, 0.5) is 0 Å². The molecular weight excluding hydrogens is 192 g/mol. The Morgan fingerprint density at radius 2 is 2.29 bits per heavy atom. The molecule has 1 aliphatic rings. The monoisotopic (exact) mass is 216 g/mol. The molecule has 1 atom stereocenters. The van der Waals surface area contributed by atoms with E-state index in [-0.39, 0.29) is 0 Å². The van der Waals surface area contributed by atoms with Gasteiger partial charge in [-0.2, -0.15) is 11.8 Å². The number of rotatable bonds is 5. The summed E-state index contributed by atoms with van der Waals surface area (Å²) in [5.41, 5.74) is 0.359. The third kappa shape index (κ3) is 3.79. The van der Waals surface area contributed by atoms with Gasteiger partial charge in [0, 0.05) is 25.2 Å². The topological polar surface area (TPSA) is 15.3 Å². The molecule has 0 aliphatic carbocycles. The van der Waals surface area contributed by atoms with Crippen molar-refractivity contribution in [3.05, 3.63) is 0 Å². The van der Waals surface area contributed by atoms with Crippen LogP contribution in [0.25, 0.3) is 0 Å². The maximum atomic E-state index is 3.62. The van der Waals surface area contributed by atoms with Crippen LogP contribution in [-0.4, -0.2) is 48.6 Å². The first kappa shape index (κ1) is 12.3. The van der Waals surface area contributed by atoms with Crippen LogP contribution in [0.15, 0.2) is 0 Å². The van der Waals surface area contributed by atoms with Crippen molar-refractivity contribution < 1.29 is 0 Å². The summed E-state index contributed by atoms with van der Waals surface area (Å²) in [4.78, 5) is 2.61. The standard InChI is InChI=1S/C11H24N2S/c1-4-11(2)10-13(8-6-12-11)7-5-9-14-3/h12H,4-10H2,1-3H3. The lowest BCUT2D eigenvalue weighted by molar-refractivity contribution is 0.140. The Kier molecular flexibility index (Phi) is 5.28. The zero-order chi connectivity index (χ0) is 10.4. The van der Waals surface area contributed by atoms with E-state index in [2.05, 4.69) is 30.3 Å². The molecule has 1 unspecified atom stereocenters. The van der Waals surface area contributed by atoms with Gasteiger partial charge >= 0.3 is 0 Å². The normalized spacial score (nSPS) is 29.4. The fourth-order valence-corrected chi connectivity index (χ4v) is 2.42. The number of nitrogens with one attached hydrogen (secondary N) is 1. The second-order valence-corrected chi connectivity index (χ2v) is 5.45. The van der Waals surface area contributed by atoms with E-state index < -0.39 is 0 Å². The van der Waals surface area contributed by atoms with E-state index in [0.717, 1.165) is 6.54 Å². The van der Waals surface area contributed by atoms with E-state index in [1.807, 2.05) is 11.8 Å². The highest BCUT2D eigenvalue weighted by Gasteiger charge is 2.27. The quantitative estimate of drug-likeness (QED) is 0.706. The van der Waals surface area contributed by atoms with Crippen LogP contribution in [0.5, 0.6) is 0 Å². The van der Waals surface area contributed by atoms with Crippen LogP contribution in [-0.2, 0) is 0 Å². The predicted molar refractivity (Wildman–Crippen MR) is 66.1 cm³/mol. The molecular formula is C11H24N2S. The van der Waals surface area contributed by atoms with Gasteiger partial charge in [-0.05, 0) is 38.3 Å². The van der Waals surface area contributed by atoms with Crippen molar-refractivity contribution in [1.29, 1.82) is 0 Å². The van der Waals surface area contributed by atoms with Gasteiger partial charge in [-0.1, -0.05) is 6.92 Å². The van der Waals surface area contributed by atoms with Gasteiger partial charge in [0.2, 0.25) is 0 Å². The van der Waals surface area contributed by atoms with Crippen molar-refractivity contribution in [3.8, 4) is 0 Å². The zero-order valence-corrected chi connectivity index (χ0v) is 10.6. The summed E-state index contributed by atoms with van der Waals surface area (Å²) < 4.78 is 0. The molecule has 1 rings (SSSR count). The van der Waals surface area contributed by atoms with E-state index in [1.165, 1.54) is 38.2 Å². The van der Waals surface area contributed by atoms with Crippen molar-refractivity contribution in [3.63, 3.8) is 0 Å². The Labute approximate surface area is 92.8 Å². The number of thioether (sulfide) groups is 1. The number of piperazine rings is 1. The average molecular weight is 216 g/mol. The Morgan fingerprint density at radius 1 is 1.50 bits per heavy atom. The van der Waals surface area contributed by atoms with Crippen molar-refractivity contribution in [2.45, 2.75) is 32.2 Å². The zero-order valence-electron chi connectivity index (χ0n) is 9.81. The van der Waals surface area contributed by atoms with E-state index in [4.69, 9.17) is 0 Å². The van der Waals surface area contributed by atoms with Crippen LogP contribution in [0.1, 0.15) is 26.7 Å². The Bertz CT molecular complexity index is 163. The molecule has 1 N–H and O–H groups in total. The van der Waals surface area contributed by atoms with Crippen molar-refractivity contribution in [2.75, 3.05) is 38.2 Å². The lowest BCUT2D eigenvalue weighted by atomic mass is 9.96. The van der Waals surface area contributed by atoms with Gasteiger partial charge in [0.15, 0.2) is 0 Å². The summed E-state index contributed by atoms with van der Waals surface area (Å²) in [6.45, 7) is 9.50. The van der Waals surface area contributed by atoms with E-state index in [0.29, 0.717) is 5.54 Å². The maximum Gasteiger partial charge on any atom is 0.0278 e. The Balaban J connectivity index is 2.25. The summed E-state index contributed by atoms with van der Waals surface area (Å²) in [6.07, 6.45) is 4.75. The Hall–Kier alpha value is 0.270. The molecule has 0 spiro atoms. The molecule has 1 fully saturated rings. The lowest BCUT2D eigenvalue weighted by Gasteiger charge is -2.41. The second kappa shape index (κ2) is 5.99. The first-order valence-electron chi connectivity index (χ1n) is 5.66. The number of hydrogen-bond donors (Lipinski definition) is 1. The molecule has 0 bridgehead atoms. The molecule has 0 aromatic carbocycles. The van der Waals surface area contributed by atoms with Gasteiger partial charge in [0.1, 0.15) is 0 Å². The highest BCUT2D eigenvalue weighted by Crippen LogP contribution is 2.15. The molecule has 1 heterocycles. The minimum Gasteiger partial charge on any atom is -0.309 e. The average Bonchev–Trinajstić information content (AvgIpc) is 2.19. The van der Waals surface area contributed by atoms with Crippen LogP contribution >= 0.6 is 11.8 Å². The van der Waals surface area contributed by atoms with Crippen LogP contribution in [0.3, 0.4) is 0 Å². The summed E-state index contributed by atoms with van der Waals surface area (Å²) in [5, 5.41) is 3.62.